The Kier molecular flexibility index (Phi) is 6.78. The topological polar surface area (TPSA) is 52.8 Å². The molecule has 8 heteroatoms. The summed E-state index contributed by atoms with van der Waals surface area (Å²) < 4.78 is 13.9. The molecule has 0 fully saturated rings. The van der Waals surface area contributed by atoms with Gasteiger partial charge in [-0.2, -0.15) is 4.99 Å². The summed E-state index contributed by atoms with van der Waals surface area (Å²) >= 11 is 13.3. The van der Waals surface area contributed by atoms with Crippen LogP contribution in [-0.2, 0) is 11.3 Å². The number of hydrogen-bond donors (Lipinski definition) is 0. The van der Waals surface area contributed by atoms with Crippen LogP contribution in [0.4, 0.5) is 0 Å². The SMILES string of the molecule is C=CCn1c(=NC(=O)COc2ccc(Cl)cc2Cl)sc2cc(OCC)ccc21. The van der Waals surface area contributed by atoms with E-state index in [1.54, 1.807) is 24.3 Å². The first-order valence-electron chi connectivity index (χ1n) is 8.54. The molecule has 0 saturated carbocycles. The molecule has 146 valence electrons. The summed E-state index contributed by atoms with van der Waals surface area (Å²) in [4.78, 5) is 17.1. The quantitative estimate of drug-likeness (QED) is 0.484. The normalized spacial score (nSPS) is 11.6. The number of carbonyl (C=O) groups is 1. The van der Waals surface area contributed by atoms with E-state index in [0.717, 1.165) is 16.0 Å². The maximum Gasteiger partial charge on any atom is 0.286 e. The van der Waals surface area contributed by atoms with Gasteiger partial charge in [0.25, 0.3) is 5.91 Å². The van der Waals surface area contributed by atoms with Gasteiger partial charge in [-0.05, 0) is 43.3 Å². The van der Waals surface area contributed by atoms with Crippen LogP contribution in [0.15, 0.2) is 54.0 Å². The van der Waals surface area contributed by atoms with Crippen LogP contribution in [0.3, 0.4) is 0 Å². The van der Waals surface area contributed by atoms with Crippen molar-refractivity contribution in [2.24, 2.45) is 4.99 Å². The number of aromatic nitrogens is 1. The molecule has 0 radical (unpaired) electrons. The molecule has 1 aromatic heterocycles. The summed E-state index contributed by atoms with van der Waals surface area (Å²) in [5.74, 6) is 0.743. The van der Waals surface area contributed by atoms with Crippen LogP contribution in [0, 0.1) is 0 Å². The molecule has 5 nitrogen and oxygen atoms in total. The lowest BCUT2D eigenvalue weighted by atomic mass is 10.3. The molecule has 1 amide bonds. The first kappa shape index (κ1) is 20.5. The maximum absolute atomic E-state index is 12.3. The highest BCUT2D eigenvalue weighted by molar-refractivity contribution is 7.16. The van der Waals surface area contributed by atoms with Gasteiger partial charge < -0.3 is 14.0 Å². The molecule has 28 heavy (non-hydrogen) atoms. The van der Waals surface area contributed by atoms with Crippen LogP contribution < -0.4 is 14.3 Å². The number of fused-ring (bicyclic) bond motifs is 1. The van der Waals surface area contributed by atoms with Crippen molar-refractivity contribution >= 4 is 50.7 Å². The number of ether oxygens (including phenoxy) is 2. The molecule has 0 aliphatic heterocycles. The van der Waals surface area contributed by atoms with Crippen LogP contribution in [0.2, 0.25) is 10.0 Å². The molecule has 3 aromatic rings. The highest BCUT2D eigenvalue weighted by Gasteiger charge is 2.10. The third-order valence-electron chi connectivity index (χ3n) is 3.74. The Labute approximate surface area is 176 Å². The van der Waals surface area contributed by atoms with Gasteiger partial charge in [0.1, 0.15) is 11.5 Å². The molecule has 0 aliphatic rings. The van der Waals surface area contributed by atoms with Gasteiger partial charge in [-0.15, -0.1) is 6.58 Å². The third-order valence-corrected chi connectivity index (χ3v) is 5.31. The monoisotopic (exact) mass is 436 g/mol. The average molecular weight is 437 g/mol. The minimum Gasteiger partial charge on any atom is -0.494 e. The zero-order chi connectivity index (χ0) is 20.1. The molecular formula is C20H18Cl2N2O3S. The van der Waals surface area contributed by atoms with Crippen LogP contribution in [0.5, 0.6) is 11.5 Å². The Morgan fingerprint density at radius 1 is 1.25 bits per heavy atom. The summed E-state index contributed by atoms with van der Waals surface area (Å²) in [6.07, 6.45) is 1.76. The van der Waals surface area contributed by atoms with Crippen molar-refractivity contribution in [2.75, 3.05) is 13.2 Å². The highest BCUT2D eigenvalue weighted by atomic mass is 35.5. The lowest BCUT2D eigenvalue weighted by Gasteiger charge is -2.06. The van der Waals surface area contributed by atoms with Gasteiger partial charge in [-0.1, -0.05) is 40.6 Å². The first-order chi connectivity index (χ1) is 13.5. The van der Waals surface area contributed by atoms with Gasteiger partial charge in [0.05, 0.1) is 21.8 Å². The number of amides is 1. The molecule has 0 N–H and O–H groups in total. The number of hydrogen-bond acceptors (Lipinski definition) is 4. The molecule has 0 atom stereocenters. The Morgan fingerprint density at radius 3 is 2.79 bits per heavy atom. The van der Waals surface area contributed by atoms with E-state index < -0.39 is 5.91 Å². The van der Waals surface area contributed by atoms with E-state index in [-0.39, 0.29) is 6.61 Å². The van der Waals surface area contributed by atoms with E-state index in [9.17, 15) is 4.79 Å². The van der Waals surface area contributed by atoms with E-state index in [2.05, 4.69) is 11.6 Å². The van der Waals surface area contributed by atoms with Gasteiger partial charge in [0.2, 0.25) is 0 Å². The number of halogens is 2. The maximum atomic E-state index is 12.3. The second-order valence-corrected chi connectivity index (χ2v) is 7.57. The predicted octanol–water partition coefficient (Wildman–Crippen LogP) is 5.10. The molecule has 0 spiro atoms. The van der Waals surface area contributed by atoms with Crippen molar-refractivity contribution in [1.29, 1.82) is 0 Å². The van der Waals surface area contributed by atoms with E-state index >= 15 is 0 Å². The van der Waals surface area contributed by atoms with Gasteiger partial charge in [-0.25, -0.2) is 0 Å². The fourth-order valence-corrected chi connectivity index (χ4v) is 4.12. The Morgan fingerprint density at radius 2 is 2.07 bits per heavy atom. The standard InChI is InChI=1S/C20H18Cl2N2O3S/c1-3-9-24-16-7-6-14(26-4-2)11-18(16)28-20(24)23-19(25)12-27-17-8-5-13(21)10-15(17)22/h3,5-8,10-11H,1,4,9,12H2,2H3. The van der Waals surface area contributed by atoms with Gasteiger partial charge >= 0.3 is 0 Å². The number of rotatable bonds is 7. The summed E-state index contributed by atoms with van der Waals surface area (Å²) in [7, 11) is 0. The second-order valence-electron chi connectivity index (χ2n) is 5.72. The average Bonchev–Trinajstić information content (AvgIpc) is 2.98. The van der Waals surface area contributed by atoms with Crippen molar-refractivity contribution in [2.45, 2.75) is 13.5 Å². The highest BCUT2D eigenvalue weighted by Crippen LogP contribution is 2.27. The van der Waals surface area contributed by atoms with E-state index in [4.69, 9.17) is 32.7 Å². The van der Waals surface area contributed by atoms with Crippen molar-refractivity contribution in [3.63, 3.8) is 0 Å². The Bertz CT molecular complexity index is 1090. The van der Waals surface area contributed by atoms with Crippen LogP contribution in [0.25, 0.3) is 10.2 Å². The molecular weight excluding hydrogens is 419 g/mol. The fourth-order valence-electron chi connectivity index (χ4n) is 2.57. The van der Waals surface area contributed by atoms with Crippen LogP contribution >= 0.6 is 34.5 Å². The summed E-state index contributed by atoms with van der Waals surface area (Å²) in [5.41, 5.74) is 0.960. The minimum atomic E-state index is -0.416. The number of nitrogens with zero attached hydrogens (tertiary/aromatic N) is 2. The largest absolute Gasteiger partial charge is 0.494 e. The van der Waals surface area contributed by atoms with E-state index in [0.29, 0.717) is 33.7 Å². The molecule has 0 aliphatic carbocycles. The zero-order valence-corrected chi connectivity index (χ0v) is 17.5. The summed E-state index contributed by atoms with van der Waals surface area (Å²) in [6.45, 7) is 6.61. The minimum absolute atomic E-state index is 0.228. The zero-order valence-electron chi connectivity index (χ0n) is 15.2. The molecule has 2 aromatic carbocycles. The summed E-state index contributed by atoms with van der Waals surface area (Å²) in [6, 6.07) is 10.6. The predicted molar refractivity (Wildman–Crippen MR) is 114 cm³/mol. The summed E-state index contributed by atoms with van der Waals surface area (Å²) in [5, 5.41) is 0.836. The fraction of sp³-hybridized carbons (Fsp3) is 0.200. The molecule has 1 heterocycles. The number of carbonyl (C=O) groups excluding carboxylic acids is 1. The van der Waals surface area contributed by atoms with Crippen molar-refractivity contribution in [1.82, 2.24) is 4.57 Å². The van der Waals surface area contributed by atoms with Crippen LogP contribution in [0.1, 0.15) is 6.92 Å². The van der Waals surface area contributed by atoms with Gasteiger partial charge in [0.15, 0.2) is 11.4 Å². The van der Waals surface area contributed by atoms with Crippen molar-refractivity contribution < 1.29 is 14.3 Å². The first-order valence-corrected chi connectivity index (χ1v) is 10.1. The lowest BCUT2D eigenvalue weighted by Crippen LogP contribution is -2.19. The number of benzene rings is 2. The second kappa shape index (κ2) is 9.28. The van der Waals surface area contributed by atoms with Crippen molar-refractivity contribution in [3.8, 4) is 11.5 Å². The van der Waals surface area contributed by atoms with E-state index in [1.165, 1.54) is 11.3 Å². The molecule has 0 bridgehead atoms. The Balaban J connectivity index is 1.87. The van der Waals surface area contributed by atoms with Gasteiger partial charge in [-0.3, -0.25) is 4.79 Å². The van der Waals surface area contributed by atoms with Gasteiger partial charge in [0, 0.05) is 11.6 Å². The molecule has 3 rings (SSSR count). The van der Waals surface area contributed by atoms with Crippen LogP contribution in [-0.4, -0.2) is 23.7 Å². The smallest absolute Gasteiger partial charge is 0.286 e. The molecule has 0 unspecified atom stereocenters. The Hall–Kier alpha value is -2.28. The third kappa shape index (κ3) is 4.76. The number of thiazole rings is 1. The molecule has 0 saturated heterocycles. The van der Waals surface area contributed by atoms with Crippen molar-refractivity contribution in [3.05, 3.63) is 63.9 Å². The number of allylic oxidation sites excluding steroid dienone is 1. The lowest BCUT2D eigenvalue weighted by molar-refractivity contribution is -0.120. The van der Waals surface area contributed by atoms with E-state index in [1.807, 2.05) is 29.7 Å².